The van der Waals surface area contributed by atoms with Gasteiger partial charge < -0.3 is 4.90 Å². The van der Waals surface area contributed by atoms with E-state index in [1.54, 1.807) is 0 Å². The summed E-state index contributed by atoms with van der Waals surface area (Å²) in [5.74, 6) is 0.530. The van der Waals surface area contributed by atoms with E-state index in [1.807, 2.05) is 11.3 Å². The van der Waals surface area contributed by atoms with E-state index < -0.39 is 0 Å². The molecule has 0 saturated heterocycles. The minimum absolute atomic E-state index is 0.111. The van der Waals surface area contributed by atoms with Crippen molar-refractivity contribution in [3.63, 3.8) is 0 Å². The van der Waals surface area contributed by atoms with Crippen LogP contribution in [0.15, 0.2) is 139 Å². The van der Waals surface area contributed by atoms with Gasteiger partial charge in [0.2, 0.25) is 0 Å². The summed E-state index contributed by atoms with van der Waals surface area (Å²) in [7, 11) is 0. The Hall–Kier alpha value is -4.40. The summed E-state index contributed by atoms with van der Waals surface area (Å²) in [5.41, 5.74) is 11.6. The van der Waals surface area contributed by atoms with Crippen LogP contribution in [-0.2, 0) is 5.41 Å². The van der Waals surface area contributed by atoms with Crippen LogP contribution in [0.2, 0.25) is 0 Å². The van der Waals surface area contributed by atoms with Crippen LogP contribution in [0.25, 0.3) is 42.4 Å². The van der Waals surface area contributed by atoms with Crippen LogP contribution in [0.3, 0.4) is 0 Å². The molecule has 42 heavy (non-hydrogen) atoms. The van der Waals surface area contributed by atoms with Crippen LogP contribution in [0, 0.1) is 5.92 Å². The molecule has 0 amide bonds. The molecule has 0 spiro atoms. The van der Waals surface area contributed by atoms with Crippen molar-refractivity contribution in [2.24, 2.45) is 5.92 Å². The van der Waals surface area contributed by atoms with Gasteiger partial charge in [-0.1, -0.05) is 118 Å². The number of thiophene rings is 1. The van der Waals surface area contributed by atoms with Gasteiger partial charge in [-0.2, -0.15) is 0 Å². The zero-order valence-electron chi connectivity index (χ0n) is 24.3. The van der Waals surface area contributed by atoms with Crippen molar-refractivity contribution in [1.29, 1.82) is 0 Å². The molecule has 204 valence electrons. The first-order chi connectivity index (χ1) is 20.5. The molecule has 5 aromatic carbocycles. The summed E-state index contributed by atoms with van der Waals surface area (Å²) in [6.07, 6.45) is 6.04. The maximum atomic E-state index is 2.52. The van der Waals surface area contributed by atoms with Gasteiger partial charge in [0.25, 0.3) is 0 Å². The molecule has 0 radical (unpaired) electrons. The Morgan fingerprint density at radius 2 is 1.43 bits per heavy atom. The normalized spacial score (nSPS) is 17.5. The Morgan fingerprint density at radius 1 is 0.714 bits per heavy atom. The fourth-order valence-corrected chi connectivity index (χ4v) is 8.18. The topological polar surface area (TPSA) is 3.24 Å². The first-order valence-corrected chi connectivity index (χ1v) is 15.7. The van der Waals surface area contributed by atoms with Gasteiger partial charge in [-0.25, -0.2) is 0 Å². The third-order valence-electron chi connectivity index (χ3n) is 9.18. The highest BCUT2D eigenvalue weighted by atomic mass is 32.1. The van der Waals surface area contributed by atoms with E-state index >= 15 is 0 Å². The maximum Gasteiger partial charge on any atom is 0.0502 e. The van der Waals surface area contributed by atoms with Crippen LogP contribution >= 0.6 is 11.3 Å². The van der Waals surface area contributed by atoms with Crippen molar-refractivity contribution in [3.05, 3.63) is 144 Å². The molecule has 2 heteroatoms. The van der Waals surface area contributed by atoms with Crippen LogP contribution in [0.1, 0.15) is 32.8 Å². The number of nitrogens with zero attached hydrogens (tertiary/aromatic N) is 1. The minimum Gasteiger partial charge on any atom is -0.310 e. The monoisotopic (exact) mass is 559 g/mol. The van der Waals surface area contributed by atoms with E-state index in [9.17, 15) is 0 Å². The molecule has 1 aliphatic heterocycles. The fraction of sp³-hybridized carbons (Fsp3) is 0.150. The van der Waals surface area contributed by atoms with Gasteiger partial charge >= 0.3 is 0 Å². The second kappa shape index (κ2) is 9.58. The zero-order chi connectivity index (χ0) is 28.4. The molecule has 0 saturated carbocycles. The quantitative estimate of drug-likeness (QED) is 0.208. The lowest BCUT2D eigenvalue weighted by Crippen LogP contribution is -2.37. The Morgan fingerprint density at radius 3 is 2.26 bits per heavy atom. The van der Waals surface area contributed by atoms with Crippen LogP contribution in [0.5, 0.6) is 0 Å². The Labute approximate surface area is 252 Å². The SMILES string of the molecule is CC1C=C2C(=CC1)N(c1ccc(-c3ccccc3)cc1)c1ccc(-c3cccc4c3sc3ccccc34)cc1C2(C)C. The second-order valence-corrected chi connectivity index (χ2v) is 13.3. The molecule has 0 bridgehead atoms. The summed E-state index contributed by atoms with van der Waals surface area (Å²) < 4.78 is 2.71. The standard InChI is InChI=1S/C40H33NS/c1-26-16-22-36-34(24-26)40(2,3)35-25-29(31-13-9-14-33-32-12-7-8-15-38(32)42-39(31)33)19-23-37(35)41(36)30-20-17-28(18-21-30)27-10-5-4-6-11-27/h4-15,17-26H,16H2,1-3H3. The molecule has 0 N–H and O–H groups in total. The van der Waals surface area contributed by atoms with E-state index in [4.69, 9.17) is 0 Å². The van der Waals surface area contributed by atoms with Crippen LogP contribution in [-0.4, -0.2) is 0 Å². The molecular weight excluding hydrogens is 527 g/mol. The molecule has 6 aromatic rings. The smallest absolute Gasteiger partial charge is 0.0502 e. The molecule has 2 heterocycles. The molecule has 1 atom stereocenters. The van der Waals surface area contributed by atoms with E-state index in [1.165, 1.54) is 70.6 Å². The van der Waals surface area contributed by atoms with Gasteiger partial charge in [-0.3, -0.25) is 0 Å². The summed E-state index contributed by atoms with van der Waals surface area (Å²) in [6.45, 7) is 7.15. The van der Waals surface area contributed by atoms with Gasteiger partial charge in [-0.05, 0) is 76.1 Å². The fourth-order valence-electron chi connectivity index (χ4n) is 6.95. The Bertz CT molecular complexity index is 2040. The van der Waals surface area contributed by atoms with Crippen molar-refractivity contribution < 1.29 is 0 Å². The van der Waals surface area contributed by atoms with Crippen molar-refractivity contribution in [2.45, 2.75) is 32.6 Å². The molecule has 1 nitrogen and oxygen atoms in total. The third-order valence-corrected chi connectivity index (χ3v) is 10.4. The van der Waals surface area contributed by atoms with Gasteiger partial charge in [0.05, 0.1) is 5.69 Å². The number of hydrogen-bond donors (Lipinski definition) is 0. The lowest BCUT2D eigenvalue weighted by Gasteiger charge is -2.46. The summed E-state index contributed by atoms with van der Waals surface area (Å²) in [5, 5.41) is 2.69. The maximum absolute atomic E-state index is 2.52. The predicted molar refractivity (Wildman–Crippen MR) is 182 cm³/mol. The number of fused-ring (bicyclic) bond motifs is 5. The molecule has 1 aromatic heterocycles. The van der Waals surface area contributed by atoms with Gasteiger partial charge in [0.15, 0.2) is 0 Å². The van der Waals surface area contributed by atoms with Crippen molar-refractivity contribution >= 4 is 42.9 Å². The van der Waals surface area contributed by atoms with Crippen molar-refractivity contribution in [3.8, 4) is 22.3 Å². The minimum atomic E-state index is -0.111. The highest BCUT2D eigenvalue weighted by molar-refractivity contribution is 7.26. The third kappa shape index (κ3) is 3.90. The lowest BCUT2D eigenvalue weighted by molar-refractivity contribution is 0.582. The molecular formula is C40H33NS. The number of allylic oxidation sites excluding steroid dienone is 3. The van der Waals surface area contributed by atoms with Gasteiger partial charge in [-0.15, -0.1) is 11.3 Å². The molecule has 0 fully saturated rings. The average molecular weight is 560 g/mol. The van der Waals surface area contributed by atoms with Gasteiger partial charge in [0, 0.05) is 37.0 Å². The first kappa shape index (κ1) is 25.3. The molecule has 2 aliphatic rings. The number of rotatable bonds is 3. The van der Waals surface area contributed by atoms with Crippen LogP contribution in [0.4, 0.5) is 11.4 Å². The highest BCUT2D eigenvalue weighted by Gasteiger charge is 2.40. The number of hydrogen-bond acceptors (Lipinski definition) is 2. The van der Waals surface area contributed by atoms with Crippen molar-refractivity contribution in [1.82, 2.24) is 0 Å². The first-order valence-electron chi connectivity index (χ1n) is 14.9. The Balaban J connectivity index is 1.31. The van der Waals surface area contributed by atoms with Crippen molar-refractivity contribution in [2.75, 3.05) is 4.90 Å². The molecule has 1 aliphatic carbocycles. The average Bonchev–Trinajstić information content (AvgIpc) is 3.41. The Kier molecular flexibility index (Phi) is 5.77. The van der Waals surface area contributed by atoms with E-state index in [0.717, 1.165) is 6.42 Å². The number of benzene rings is 5. The lowest BCUT2D eigenvalue weighted by atomic mass is 9.69. The van der Waals surface area contributed by atoms with E-state index in [-0.39, 0.29) is 5.41 Å². The molecule has 1 unspecified atom stereocenters. The van der Waals surface area contributed by atoms with Crippen LogP contribution < -0.4 is 4.90 Å². The van der Waals surface area contributed by atoms with E-state index in [2.05, 4.69) is 153 Å². The number of anilines is 2. The zero-order valence-corrected chi connectivity index (χ0v) is 25.1. The molecule has 8 rings (SSSR count). The highest BCUT2D eigenvalue weighted by Crippen LogP contribution is 2.53. The second-order valence-electron chi connectivity index (χ2n) is 12.3. The summed E-state index contributed by atoms with van der Waals surface area (Å²) in [4.78, 5) is 2.50. The predicted octanol–water partition coefficient (Wildman–Crippen LogP) is 11.7. The summed E-state index contributed by atoms with van der Waals surface area (Å²) >= 11 is 1.90. The van der Waals surface area contributed by atoms with E-state index in [0.29, 0.717) is 5.92 Å². The summed E-state index contributed by atoms with van der Waals surface area (Å²) in [6, 6.07) is 42.5. The largest absolute Gasteiger partial charge is 0.310 e. The van der Waals surface area contributed by atoms with Gasteiger partial charge in [0.1, 0.15) is 0 Å².